The highest BCUT2D eigenvalue weighted by Crippen LogP contribution is 2.03. The molecule has 0 unspecified atom stereocenters. The summed E-state index contributed by atoms with van der Waals surface area (Å²) in [5, 5.41) is 3.37. The third kappa shape index (κ3) is 4.18. The topological polar surface area (TPSA) is 27.6 Å². The number of hydrogen-bond acceptors (Lipinski definition) is 3. The summed E-state index contributed by atoms with van der Waals surface area (Å²) >= 11 is 0. The Kier molecular flexibility index (Phi) is 5.74. The molecule has 0 bridgehead atoms. The van der Waals surface area contributed by atoms with Crippen molar-refractivity contribution < 1.29 is 0 Å². The predicted octanol–water partition coefficient (Wildman–Crippen LogP) is 2.05. The SMILES string of the molecule is Cc1ccc(CCNC2=NCCN2C)cc1.I. The summed E-state index contributed by atoms with van der Waals surface area (Å²) in [5.41, 5.74) is 2.69. The number of guanidine groups is 1. The predicted molar refractivity (Wildman–Crippen MR) is 83.2 cm³/mol. The molecule has 1 heterocycles. The number of aryl methyl sites for hydroxylation is 1. The summed E-state index contributed by atoms with van der Waals surface area (Å²) in [5.74, 6) is 1.03. The van der Waals surface area contributed by atoms with Crippen molar-refractivity contribution in [1.29, 1.82) is 0 Å². The molecule has 3 nitrogen and oxygen atoms in total. The second-order valence-corrected chi connectivity index (χ2v) is 4.29. The van der Waals surface area contributed by atoms with Gasteiger partial charge in [-0.15, -0.1) is 24.0 Å². The summed E-state index contributed by atoms with van der Waals surface area (Å²) in [6.07, 6.45) is 1.05. The van der Waals surface area contributed by atoms with Crippen LogP contribution in [0.15, 0.2) is 29.3 Å². The number of nitrogens with one attached hydrogen (secondary N) is 1. The van der Waals surface area contributed by atoms with Gasteiger partial charge in [-0.25, -0.2) is 0 Å². The van der Waals surface area contributed by atoms with E-state index >= 15 is 0 Å². The van der Waals surface area contributed by atoms with Gasteiger partial charge in [0.25, 0.3) is 0 Å². The molecule has 1 N–H and O–H groups in total. The zero-order valence-corrected chi connectivity index (χ0v) is 12.8. The minimum Gasteiger partial charge on any atom is -0.356 e. The van der Waals surface area contributed by atoms with E-state index < -0.39 is 0 Å². The summed E-state index contributed by atoms with van der Waals surface area (Å²) in [4.78, 5) is 6.56. The van der Waals surface area contributed by atoms with Crippen LogP contribution in [0.2, 0.25) is 0 Å². The Balaban J connectivity index is 0.00000144. The lowest BCUT2D eigenvalue weighted by Crippen LogP contribution is -2.36. The van der Waals surface area contributed by atoms with Gasteiger partial charge < -0.3 is 10.2 Å². The second kappa shape index (κ2) is 6.83. The van der Waals surface area contributed by atoms with Crippen LogP contribution in [0.4, 0.5) is 0 Å². The molecule has 0 aromatic heterocycles. The average molecular weight is 345 g/mol. The van der Waals surface area contributed by atoms with Crippen LogP contribution in [0.5, 0.6) is 0 Å². The molecule has 1 aliphatic heterocycles. The maximum absolute atomic E-state index is 4.39. The first-order chi connectivity index (χ1) is 7.75. The lowest BCUT2D eigenvalue weighted by Gasteiger charge is -2.15. The van der Waals surface area contributed by atoms with E-state index in [0.717, 1.165) is 32.0 Å². The van der Waals surface area contributed by atoms with Crippen LogP contribution in [0.25, 0.3) is 0 Å². The molecule has 1 aromatic carbocycles. The van der Waals surface area contributed by atoms with Crippen molar-refractivity contribution >= 4 is 29.9 Å². The van der Waals surface area contributed by atoms with E-state index in [4.69, 9.17) is 0 Å². The lowest BCUT2D eigenvalue weighted by molar-refractivity contribution is 0.534. The number of rotatable bonds is 3. The van der Waals surface area contributed by atoms with E-state index in [1.165, 1.54) is 11.1 Å². The summed E-state index contributed by atoms with van der Waals surface area (Å²) < 4.78 is 0. The molecule has 1 aromatic rings. The average Bonchev–Trinajstić information content (AvgIpc) is 2.68. The number of hydrogen-bond donors (Lipinski definition) is 1. The fraction of sp³-hybridized carbons (Fsp3) is 0.462. The molecule has 94 valence electrons. The van der Waals surface area contributed by atoms with Gasteiger partial charge in [-0.1, -0.05) is 29.8 Å². The molecule has 0 fully saturated rings. The third-order valence-corrected chi connectivity index (χ3v) is 2.88. The van der Waals surface area contributed by atoms with Crippen molar-refractivity contribution in [3.8, 4) is 0 Å². The fourth-order valence-corrected chi connectivity index (χ4v) is 1.80. The van der Waals surface area contributed by atoms with Gasteiger partial charge in [0.2, 0.25) is 0 Å². The van der Waals surface area contributed by atoms with Crippen LogP contribution < -0.4 is 5.32 Å². The van der Waals surface area contributed by atoms with Crippen molar-refractivity contribution in [2.24, 2.45) is 4.99 Å². The zero-order valence-electron chi connectivity index (χ0n) is 10.4. The lowest BCUT2D eigenvalue weighted by atomic mass is 10.1. The van der Waals surface area contributed by atoms with Gasteiger partial charge >= 0.3 is 0 Å². The van der Waals surface area contributed by atoms with Gasteiger partial charge in [-0.3, -0.25) is 4.99 Å². The second-order valence-electron chi connectivity index (χ2n) is 4.29. The van der Waals surface area contributed by atoms with E-state index in [1.807, 2.05) is 0 Å². The van der Waals surface area contributed by atoms with Crippen LogP contribution in [0.3, 0.4) is 0 Å². The smallest absolute Gasteiger partial charge is 0.193 e. The molecular weight excluding hydrogens is 325 g/mol. The number of benzene rings is 1. The Morgan fingerprint density at radius 3 is 2.59 bits per heavy atom. The highest BCUT2D eigenvalue weighted by atomic mass is 127. The summed E-state index contributed by atoms with van der Waals surface area (Å²) in [6.45, 7) is 5.02. The van der Waals surface area contributed by atoms with Gasteiger partial charge in [-0.05, 0) is 18.9 Å². The molecule has 0 spiro atoms. The van der Waals surface area contributed by atoms with Gasteiger partial charge in [-0.2, -0.15) is 0 Å². The fourth-order valence-electron chi connectivity index (χ4n) is 1.80. The molecule has 0 saturated carbocycles. The number of nitrogens with zero attached hydrogens (tertiary/aromatic N) is 2. The summed E-state index contributed by atoms with van der Waals surface area (Å²) in [6, 6.07) is 8.71. The molecule has 0 saturated heterocycles. The molecule has 1 aliphatic rings. The first-order valence-corrected chi connectivity index (χ1v) is 5.81. The van der Waals surface area contributed by atoms with Gasteiger partial charge in [0.15, 0.2) is 5.96 Å². The van der Waals surface area contributed by atoms with E-state index in [0.29, 0.717) is 0 Å². The van der Waals surface area contributed by atoms with E-state index in [-0.39, 0.29) is 24.0 Å². The molecular formula is C13H20IN3. The molecule has 0 aliphatic carbocycles. The van der Waals surface area contributed by atoms with Crippen molar-refractivity contribution in [3.05, 3.63) is 35.4 Å². The monoisotopic (exact) mass is 345 g/mol. The van der Waals surface area contributed by atoms with Crippen molar-refractivity contribution in [2.75, 3.05) is 26.7 Å². The molecule has 2 rings (SSSR count). The normalized spacial score (nSPS) is 14.2. The highest BCUT2D eigenvalue weighted by molar-refractivity contribution is 14.0. The Morgan fingerprint density at radius 2 is 2.00 bits per heavy atom. The number of halogens is 1. The van der Waals surface area contributed by atoms with Crippen LogP contribution >= 0.6 is 24.0 Å². The highest BCUT2D eigenvalue weighted by Gasteiger charge is 2.10. The van der Waals surface area contributed by atoms with Crippen LogP contribution in [-0.2, 0) is 6.42 Å². The minimum atomic E-state index is 0. The Bertz CT molecular complexity index is 373. The maximum Gasteiger partial charge on any atom is 0.193 e. The number of aliphatic imine (C=N–C) groups is 1. The van der Waals surface area contributed by atoms with E-state index in [1.54, 1.807) is 0 Å². The van der Waals surface area contributed by atoms with Gasteiger partial charge in [0.05, 0.1) is 6.54 Å². The molecule has 0 amide bonds. The molecule has 17 heavy (non-hydrogen) atoms. The van der Waals surface area contributed by atoms with Crippen molar-refractivity contribution in [2.45, 2.75) is 13.3 Å². The standard InChI is InChI=1S/C13H19N3.HI/c1-11-3-5-12(6-4-11)7-8-14-13-15-9-10-16(13)2;/h3-6H,7-10H2,1-2H3,(H,14,15);1H. The Hall–Kier alpha value is -0.780. The van der Waals surface area contributed by atoms with Crippen molar-refractivity contribution in [3.63, 3.8) is 0 Å². The first kappa shape index (κ1) is 14.3. The van der Waals surface area contributed by atoms with Crippen molar-refractivity contribution in [1.82, 2.24) is 10.2 Å². The minimum absolute atomic E-state index is 0. The van der Waals surface area contributed by atoms with Crippen LogP contribution in [-0.4, -0.2) is 37.5 Å². The molecule has 4 heteroatoms. The molecule has 0 radical (unpaired) electrons. The van der Waals surface area contributed by atoms with E-state index in [9.17, 15) is 0 Å². The Morgan fingerprint density at radius 1 is 1.29 bits per heavy atom. The van der Waals surface area contributed by atoms with Gasteiger partial charge in [0, 0.05) is 20.1 Å². The Labute approximate surface area is 120 Å². The largest absolute Gasteiger partial charge is 0.356 e. The first-order valence-electron chi connectivity index (χ1n) is 5.81. The maximum atomic E-state index is 4.39. The van der Waals surface area contributed by atoms with Crippen LogP contribution in [0, 0.1) is 6.92 Å². The number of likely N-dealkylation sites (N-methyl/N-ethyl adjacent to an activating group) is 1. The van der Waals surface area contributed by atoms with Crippen LogP contribution in [0.1, 0.15) is 11.1 Å². The van der Waals surface area contributed by atoms with E-state index in [2.05, 4.69) is 53.4 Å². The quantitative estimate of drug-likeness (QED) is 0.850. The third-order valence-electron chi connectivity index (χ3n) is 2.88. The molecule has 0 atom stereocenters. The van der Waals surface area contributed by atoms with Gasteiger partial charge in [0.1, 0.15) is 0 Å². The zero-order chi connectivity index (χ0) is 11.4. The summed E-state index contributed by atoms with van der Waals surface area (Å²) in [7, 11) is 2.07.